The summed E-state index contributed by atoms with van der Waals surface area (Å²) >= 11 is 5.84. The first-order valence-electron chi connectivity index (χ1n) is 4.67. The Balaban J connectivity index is 2.41. The Bertz CT molecular complexity index is 554. The van der Waals surface area contributed by atoms with Crippen molar-refractivity contribution >= 4 is 32.7 Å². The molecule has 0 bridgehead atoms. The molecule has 0 amide bonds. The minimum atomic E-state index is -2.13. The molecule has 1 aliphatic heterocycles. The smallest absolute Gasteiger partial charge is 0.258 e. The highest BCUT2D eigenvalue weighted by molar-refractivity contribution is 7.95. The van der Waals surface area contributed by atoms with Gasteiger partial charge in [0.2, 0.25) is 0 Å². The molecule has 0 aliphatic carbocycles. The van der Waals surface area contributed by atoms with Crippen LogP contribution in [0.5, 0.6) is 0 Å². The lowest BCUT2D eigenvalue weighted by molar-refractivity contribution is -0.384. The number of hydrogen-bond donors (Lipinski definition) is 0. The molecule has 1 aromatic rings. The molecule has 0 spiro atoms. The van der Waals surface area contributed by atoms with Crippen LogP contribution in [-0.4, -0.2) is 20.6 Å². The summed E-state index contributed by atoms with van der Waals surface area (Å²) in [5.74, 6) is 1.17. The maximum atomic E-state index is 11.8. The summed E-state index contributed by atoms with van der Waals surface area (Å²) in [6.07, 6.45) is 0.910. The maximum Gasteiger partial charge on any atom is 0.271 e. The van der Waals surface area contributed by atoms with Gasteiger partial charge in [-0.25, -0.2) is 4.21 Å². The highest BCUT2D eigenvalue weighted by Crippen LogP contribution is 2.31. The Kier molecular flexibility index (Phi) is 2.86. The van der Waals surface area contributed by atoms with Crippen LogP contribution >= 0.6 is 11.6 Å². The summed E-state index contributed by atoms with van der Waals surface area (Å²) in [5, 5.41) is 10.6. The number of nitro benzene ring substituents is 1. The second-order valence-electron chi connectivity index (χ2n) is 3.52. The van der Waals surface area contributed by atoms with Crippen LogP contribution in [0.15, 0.2) is 22.6 Å². The number of nitro groups is 1. The van der Waals surface area contributed by atoms with Crippen LogP contribution in [0.4, 0.5) is 11.4 Å². The van der Waals surface area contributed by atoms with Gasteiger partial charge < -0.3 is 0 Å². The Morgan fingerprint density at radius 2 is 2.12 bits per heavy atom. The molecule has 1 heterocycles. The van der Waals surface area contributed by atoms with Gasteiger partial charge in [0.1, 0.15) is 0 Å². The van der Waals surface area contributed by atoms with E-state index in [0.29, 0.717) is 17.2 Å². The lowest BCUT2D eigenvalue weighted by Crippen LogP contribution is -2.22. The average Bonchev–Trinajstić information content (AvgIpc) is 2.18. The minimum Gasteiger partial charge on any atom is -0.258 e. The van der Waals surface area contributed by atoms with Crippen LogP contribution in [0.25, 0.3) is 0 Å². The maximum absolute atomic E-state index is 11.8. The molecule has 0 atom stereocenters. The van der Waals surface area contributed by atoms with Gasteiger partial charge in [0, 0.05) is 23.6 Å². The Labute approximate surface area is 97.8 Å². The molecule has 0 unspecified atom stereocenters. The third kappa shape index (κ3) is 2.17. The van der Waals surface area contributed by atoms with Gasteiger partial charge in [-0.2, -0.15) is 4.36 Å². The van der Waals surface area contributed by atoms with Crippen molar-refractivity contribution in [2.75, 3.05) is 11.5 Å². The number of rotatable bonds is 2. The molecular formula is C9H9ClN2O3S. The Morgan fingerprint density at radius 3 is 2.56 bits per heavy atom. The van der Waals surface area contributed by atoms with Gasteiger partial charge in [0.05, 0.1) is 25.4 Å². The number of benzene rings is 1. The van der Waals surface area contributed by atoms with Crippen LogP contribution in [-0.2, 0) is 9.73 Å². The summed E-state index contributed by atoms with van der Waals surface area (Å²) in [4.78, 5) is 9.95. The zero-order valence-electron chi connectivity index (χ0n) is 8.26. The number of hydrogen-bond acceptors (Lipinski definition) is 4. The van der Waals surface area contributed by atoms with E-state index in [0.717, 1.165) is 6.42 Å². The van der Waals surface area contributed by atoms with Crippen LogP contribution < -0.4 is 0 Å². The molecule has 7 heteroatoms. The van der Waals surface area contributed by atoms with E-state index in [-0.39, 0.29) is 10.7 Å². The molecule has 16 heavy (non-hydrogen) atoms. The van der Waals surface area contributed by atoms with Crippen LogP contribution in [0.1, 0.15) is 6.42 Å². The summed E-state index contributed by atoms with van der Waals surface area (Å²) in [6, 6.07) is 3.97. The third-order valence-electron chi connectivity index (χ3n) is 2.33. The normalized spacial score (nSPS) is 17.6. The first kappa shape index (κ1) is 11.3. The van der Waals surface area contributed by atoms with Crippen molar-refractivity contribution in [1.82, 2.24) is 0 Å². The fourth-order valence-corrected chi connectivity index (χ4v) is 3.10. The van der Waals surface area contributed by atoms with E-state index >= 15 is 0 Å². The highest BCUT2D eigenvalue weighted by Gasteiger charge is 2.20. The predicted octanol–water partition coefficient (Wildman–Crippen LogP) is 2.75. The molecule has 1 aromatic carbocycles. The van der Waals surface area contributed by atoms with Gasteiger partial charge in [0.15, 0.2) is 0 Å². The predicted molar refractivity (Wildman–Crippen MR) is 62.7 cm³/mol. The molecule has 0 saturated carbocycles. The lowest BCUT2D eigenvalue weighted by Gasteiger charge is -2.17. The van der Waals surface area contributed by atoms with Gasteiger partial charge in [0.25, 0.3) is 5.69 Å². The van der Waals surface area contributed by atoms with E-state index in [4.69, 9.17) is 11.6 Å². The topological polar surface area (TPSA) is 72.6 Å². The standard InChI is InChI=1S/C9H9ClN2O3S/c10-8-6-7(12(13)14)2-3-9(8)11-16(15)4-1-5-16/h2-3,6H,1,4-5H2. The first-order valence-corrected chi connectivity index (χ1v) is 6.90. The quantitative estimate of drug-likeness (QED) is 0.606. The van der Waals surface area contributed by atoms with E-state index in [1.165, 1.54) is 18.2 Å². The van der Waals surface area contributed by atoms with Crippen molar-refractivity contribution in [2.24, 2.45) is 4.36 Å². The largest absolute Gasteiger partial charge is 0.271 e. The van der Waals surface area contributed by atoms with E-state index in [9.17, 15) is 14.3 Å². The van der Waals surface area contributed by atoms with Crippen molar-refractivity contribution in [3.63, 3.8) is 0 Å². The molecule has 1 fully saturated rings. The van der Waals surface area contributed by atoms with Crippen molar-refractivity contribution in [1.29, 1.82) is 0 Å². The summed E-state index contributed by atoms with van der Waals surface area (Å²) in [7, 11) is -2.13. The summed E-state index contributed by atoms with van der Waals surface area (Å²) < 4.78 is 15.9. The number of nitrogens with zero attached hydrogens (tertiary/aromatic N) is 2. The minimum absolute atomic E-state index is 0.0903. The molecule has 1 saturated heterocycles. The van der Waals surface area contributed by atoms with E-state index in [1.54, 1.807) is 0 Å². The number of non-ortho nitro benzene ring substituents is 1. The van der Waals surface area contributed by atoms with Crippen molar-refractivity contribution in [3.8, 4) is 0 Å². The summed E-state index contributed by atoms with van der Waals surface area (Å²) in [5.41, 5.74) is 0.282. The average molecular weight is 261 g/mol. The SMILES string of the molecule is O=[N+]([O-])c1ccc(N=S2(=O)CCC2)c(Cl)c1. The van der Waals surface area contributed by atoms with E-state index in [1.807, 2.05) is 0 Å². The molecule has 0 N–H and O–H groups in total. The zero-order chi connectivity index (χ0) is 11.8. The van der Waals surface area contributed by atoms with Crippen LogP contribution in [0.3, 0.4) is 0 Å². The summed E-state index contributed by atoms with van der Waals surface area (Å²) in [6.45, 7) is 0. The molecule has 5 nitrogen and oxygen atoms in total. The lowest BCUT2D eigenvalue weighted by atomic mass is 10.3. The van der Waals surface area contributed by atoms with Crippen molar-refractivity contribution in [3.05, 3.63) is 33.3 Å². The van der Waals surface area contributed by atoms with E-state index in [2.05, 4.69) is 4.36 Å². The van der Waals surface area contributed by atoms with Crippen molar-refractivity contribution < 1.29 is 9.13 Å². The van der Waals surface area contributed by atoms with Crippen LogP contribution in [0.2, 0.25) is 5.02 Å². The van der Waals surface area contributed by atoms with Gasteiger partial charge >= 0.3 is 0 Å². The second kappa shape index (κ2) is 4.03. The van der Waals surface area contributed by atoms with Gasteiger partial charge in [-0.3, -0.25) is 10.1 Å². The molecule has 0 radical (unpaired) electrons. The fraction of sp³-hybridized carbons (Fsp3) is 0.333. The Hall–Kier alpha value is -1.14. The van der Waals surface area contributed by atoms with Crippen LogP contribution in [0, 0.1) is 10.1 Å². The molecular weight excluding hydrogens is 252 g/mol. The second-order valence-corrected chi connectivity index (χ2v) is 6.47. The zero-order valence-corrected chi connectivity index (χ0v) is 9.83. The van der Waals surface area contributed by atoms with Gasteiger partial charge in [-0.15, -0.1) is 0 Å². The van der Waals surface area contributed by atoms with E-state index < -0.39 is 14.7 Å². The molecule has 2 rings (SSSR count). The molecule has 86 valence electrons. The third-order valence-corrected chi connectivity index (χ3v) is 5.02. The van der Waals surface area contributed by atoms with Crippen molar-refractivity contribution in [2.45, 2.75) is 6.42 Å². The molecule has 1 aliphatic rings. The first-order chi connectivity index (χ1) is 7.50. The van der Waals surface area contributed by atoms with Gasteiger partial charge in [-0.1, -0.05) is 11.6 Å². The monoisotopic (exact) mass is 260 g/mol. The number of halogens is 1. The van der Waals surface area contributed by atoms with Gasteiger partial charge in [-0.05, 0) is 12.5 Å². The Morgan fingerprint density at radius 1 is 1.44 bits per heavy atom. The fourth-order valence-electron chi connectivity index (χ4n) is 1.35. The molecule has 0 aromatic heterocycles. The highest BCUT2D eigenvalue weighted by atomic mass is 35.5.